The zero-order chi connectivity index (χ0) is 63.6. The van der Waals surface area contributed by atoms with E-state index >= 15 is 0 Å². The van der Waals surface area contributed by atoms with Gasteiger partial charge >= 0.3 is 96.5 Å². The van der Waals surface area contributed by atoms with Crippen molar-refractivity contribution in [3.8, 4) is 0 Å². The van der Waals surface area contributed by atoms with Gasteiger partial charge in [-0.1, -0.05) is 134 Å². The third-order valence-corrected chi connectivity index (χ3v) is 14.8. The molecule has 0 saturated carbocycles. The summed E-state index contributed by atoms with van der Waals surface area (Å²) in [5, 5.41) is 8.02. The Morgan fingerprint density at radius 1 is 0.448 bits per heavy atom. The summed E-state index contributed by atoms with van der Waals surface area (Å²) in [7, 11) is -25.4. The number of anilines is 3. The molecule has 0 aromatic heterocycles. The van der Waals surface area contributed by atoms with Crippen LogP contribution in [0.25, 0.3) is 0 Å². The Morgan fingerprint density at radius 3 is 0.954 bits per heavy atom. The summed E-state index contributed by atoms with van der Waals surface area (Å²) in [6, 6.07) is 15.8. The second kappa shape index (κ2) is 46.7. The summed E-state index contributed by atoms with van der Waals surface area (Å²) in [5.41, 5.74) is 2.07. The van der Waals surface area contributed by atoms with E-state index in [2.05, 4.69) is 64.5 Å². The number of amides is 3. The third-order valence-electron chi connectivity index (χ3n) is 11.5. The molecule has 87 heavy (non-hydrogen) atoms. The van der Waals surface area contributed by atoms with Crippen LogP contribution in [0.4, 0.5) is 17.1 Å². The molecule has 0 aliphatic carbocycles. The number of benzene rings is 3. The molecular formula is C51H84N6Na3O21P3S3. The second-order valence-corrected chi connectivity index (χ2v) is 28.5. The van der Waals surface area contributed by atoms with Gasteiger partial charge < -0.3 is 58.9 Å². The van der Waals surface area contributed by atoms with Crippen molar-refractivity contribution in [2.24, 2.45) is 0 Å². The van der Waals surface area contributed by atoms with Crippen molar-refractivity contribution in [2.75, 3.05) is 52.8 Å². The average Bonchev–Trinajstić information content (AvgIpc) is 2.96. The maximum atomic E-state index is 12.2. The summed E-state index contributed by atoms with van der Waals surface area (Å²) in [6.45, 7) is 4.75. The maximum absolute atomic E-state index is 12.2. The van der Waals surface area contributed by atoms with Crippen molar-refractivity contribution in [3.05, 3.63) is 89.5 Å². The van der Waals surface area contributed by atoms with Gasteiger partial charge in [0.05, 0.1) is 64.5 Å². The van der Waals surface area contributed by atoms with Gasteiger partial charge in [-0.3, -0.25) is 37.6 Å². The van der Waals surface area contributed by atoms with E-state index in [-0.39, 0.29) is 143 Å². The van der Waals surface area contributed by atoms with Gasteiger partial charge in [0.1, 0.15) is 0 Å². The molecule has 36 heteroatoms. The largest absolute Gasteiger partial charge is 1.00 e. The van der Waals surface area contributed by atoms with Crippen molar-refractivity contribution in [1.29, 1.82) is 0 Å². The first kappa shape index (κ1) is 89.8. The number of phosphoric acid groups is 3. The van der Waals surface area contributed by atoms with Crippen LogP contribution in [0.1, 0.15) is 171 Å². The molecule has 9 N–H and O–H groups in total. The first-order valence-electron chi connectivity index (χ1n) is 27.2. The Bertz CT molecular complexity index is 2670. The van der Waals surface area contributed by atoms with E-state index in [0.29, 0.717) is 36.0 Å². The molecule has 0 radical (unpaired) electrons. The second-order valence-electron chi connectivity index (χ2n) is 19.6. The van der Waals surface area contributed by atoms with Gasteiger partial charge in [0.2, 0.25) is 47.8 Å². The van der Waals surface area contributed by atoms with E-state index in [1.165, 1.54) is 36.4 Å². The quantitative estimate of drug-likeness (QED) is 0.0158. The summed E-state index contributed by atoms with van der Waals surface area (Å²) in [5.74, 6) is -0.860. The van der Waals surface area contributed by atoms with Gasteiger partial charge in [0.15, 0.2) is 0 Å². The minimum Gasteiger partial charge on any atom is -0.790 e. The fourth-order valence-electron chi connectivity index (χ4n) is 7.74. The number of carbonyl (C=O) groups is 3. The van der Waals surface area contributed by atoms with Crippen molar-refractivity contribution in [3.63, 3.8) is 0 Å². The molecule has 480 valence electrons. The van der Waals surface area contributed by atoms with Gasteiger partial charge in [-0.2, -0.15) is 0 Å². The van der Waals surface area contributed by atoms with Crippen molar-refractivity contribution in [2.45, 2.75) is 154 Å². The van der Waals surface area contributed by atoms with E-state index in [9.17, 15) is 68.0 Å². The molecule has 3 rings (SSSR count). The monoisotopic (exact) mass is 1370 g/mol. The number of sulfonamides is 3. The molecule has 4 unspecified atom stereocenters. The number of rotatable bonds is 39. The number of nitrogens with one attached hydrogen (secondary N) is 6. The topological polar surface area (TPSA) is 435 Å². The first-order chi connectivity index (χ1) is 39.0. The number of carbonyl (C=O) groups excluding carboxylic acids is 3. The van der Waals surface area contributed by atoms with Crippen LogP contribution in [0.15, 0.2) is 72.8 Å². The predicted molar refractivity (Wildman–Crippen MR) is 315 cm³/mol. The first-order valence-corrected chi connectivity index (χ1v) is 37.3. The summed E-state index contributed by atoms with van der Waals surface area (Å²) >= 11 is 0. The van der Waals surface area contributed by atoms with Gasteiger partial charge in [0.25, 0.3) is 7.82 Å². The molecule has 0 fully saturated rings. The summed E-state index contributed by atoms with van der Waals surface area (Å²) < 4.78 is 121. The Kier molecular flexibility index (Phi) is 48.2. The number of phosphoric ester groups is 3. The minimum atomic E-state index is -5.23. The SMILES string of the molecule is CCCCCCCC(=O)NC(COP(=O)(O)O)c1cccc(NS(C)(=O)=O)c1.CCCCCCCC(=O)NC(COP(=O)([O-])O)c1cccc(NS(C)(=O)=O)c1.CCCCCCCC(=O)NC(COP(=O)([O-])[O-])c1cccc(NS(C)(=O)=O)c1.[Na+].[Na+].[Na+]. The minimum absolute atomic E-state index is 0. The zero-order valence-corrected chi connectivity index (χ0v) is 62.4. The van der Waals surface area contributed by atoms with Gasteiger partial charge in [-0.15, -0.1) is 0 Å². The summed E-state index contributed by atoms with van der Waals surface area (Å²) in [4.78, 5) is 96.0. The Morgan fingerprint density at radius 2 is 0.713 bits per heavy atom. The molecule has 4 atom stereocenters. The molecular weight excluding hydrogens is 1290 g/mol. The van der Waals surface area contributed by atoms with Crippen LogP contribution in [-0.2, 0) is 71.7 Å². The Hall–Kier alpha value is -1.35. The van der Waals surface area contributed by atoms with Crippen LogP contribution in [0.5, 0.6) is 0 Å². The Labute approximate surface area is 580 Å². The van der Waals surface area contributed by atoms with Crippen molar-refractivity contribution in [1.82, 2.24) is 16.0 Å². The van der Waals surface area contributed by atoms with E-state index < -0.39 is 91.5 Å². The van der Waals surface area contributed by atoms with Crippen LogP contribution < -0.4 is 133 Å². The number of hydrogen-bond donors (Lipinski definition) is 9. The molecule has 3 amide bonds. The van der Waals surface area contributed by atoms with Crippen LogP contribution >= 0.6 is 23.5 Å². The molecule has 3 aromatic carbocycles. The van der Waals surface area contributed by atoms with Crippen molar-refractivity contribution < 1.29 is 185 Å². The number of unbranched alkanes of at least 4 members (excludes halogenated alkanes) is 12. The smallest absolute Gasteiger partial charge is 0.790 e. The molecule has 0 aliphatic heterocycles. The average molecular weight is 1380 g/mol. The zero-order valence-electron chi connectivity index (χ0n) is 51.3. The van der Waals surface area contributed by atoms with Crippen LogP contribution in [0, 0.1) is 0 Å². The summed E-state index contributed by atoms with van der Waals surface area (Å²) in [6.07, 6.45) is 18.4. The van der Waals surface area contributed by atoms with Gasteiger partial charge in [-0.25, -0.2) is 29.8 Å². The van der Waals surface area contributed by atoms with Crippen LogP contribution in [0.2, 0.25) is 0 Å². The fraction of sp³-hybridized carbons (Fsp3) is 0.588. The maximum Gasteiger partial charge on any atom is 1.00 e. The molecule has 0 spiro atoms. The van der Waals surface area contributed by atoms with E-state index in [4.69, 9.17) is 14.7 Å². The molecule has 0 bridgehead atoms. The van der Waals surface area contributed by atoms with Crippen molar-refractivity contribution >= 4 is 88.3 Å². The molecule has 0 heterocycles. The molecule has 3 aromatic rings. The van der Waals surface area contributed by atoms with Crippen LogP contribution in [-0.4, -0.2) is 96.2 Å². The fourth-order valence-corrected chi connectivity index (χ4v) is 10.4. The molecule has 0 aliphatic rings. The standard InChI is InChI=1S/3C17H29N2O7PS.3Na/c3*1-3-4-5-6-7-11-17(20)18-16(13-26-27(21,22)23)14-9-8-10-15(12-14)19-28(2,24)25;;;/h3*8-10,12,16,19H,3-7,11,13H2,1-2H3,(H,18,20)(H2,21,22,23);;;/q;;;3*+1/p-3. The molecule has 27 nitrogen and oxygen atoms in total. The normalized spacial score (nSPS) is 13.2. The third kappa shape index (κ3) is 50.8. The molecule has 0 saturated heterocycles. The van der Waals surface area contributed by atoms with E-state index in [1.54, 1.807) is 36.4 Å². The van der Waals surface area contributed by atoms with Crippen LogP contribution in [0.3, 0.4) is 0 Å². The van der Waals surface area contributed by atoms with E-state index in [1.807, 2.05) is 0 Å². The predicted octanol–water partition coefficient (Wildman–Crippen LogP) is -2.83. The van der Waals surface area contributed by atoms with Gasteiger partial charge in [0, 0.05) is 36.3 Å². The van der Waals surface area contributed by atoms with E-state index in [0.717, 1.165) is 95.8 Å². The Balaban J connectivity index is -0.00000120. The van der Waals surface area contributed by atoms with Gasteiger partial charge in [-0.05, 0) is 72.4 Å². The number of hydrogen-bond acceptors (Lipinski definition) is 18.